The summed E-state index contributed by atoms with van der Waals surface area (Å²) < 4.78 is 0. The first-order valence-electron chi connectivity index (χ1n) is 10.2. The highest BCUT2D eigenvalue weighted by Gasteiger charge is 2.43. The summed E-state index contributed by atoms with van der Waals surface area (Å²) in [6.07, 6.45) is 2.88. The van der Waals surface area contributed by atoms with Crippen molar-refractivity contribution >= 4 is 23.5 Å². The smallest absolute Gasteiger partial charge is 0.308 e. The first-order chi connectivity index (χ1) is 14.6. The minimum atomic E-state index is -1.87. The molecule has 3 N–H and O–H groups in total. The van der Waals surface area contributed by atoms with Crippen LogP contribution in [0.25, 0.3) is 0 Å². The van der Waals surface area contributed by atoms with Crippen LogP contribution in [0.4, 0.5) is 11.6 Å². The Bertz CT molecular complexity index is 906. The van der Waals surface area contributed by atoms with Gasteiger partial charge in [0.05, 0.1) is 6.42 Å². The molecule has 1 saturated heterocycles. The van der Waals surface area contributed by atoms with Crippen molar-refractivity contribution < 1.29 is 19.8 Å². The van der Waals surface area contributed by atoms with Crippen LogP contribution in [0.15, 0.2) is 42.7 Å². The molecule has 2 aromatic rings. The largest absolute Gasteiger partial charge is 0.481 e. The van der Waals surface area contributed by atoms with E-state index < -0.39 is 29.4 Å². The van der Waals surface area contributed by atoms with Crippen molar-refractivity contribution in [3.63, 3.8) is 0 Å². The molecule has 1 aliphatic heterocycles. The molecule has 9 heteroatoms. The Hall–Kier alpha value is -3.20. The zero-order valence-corrected chi connectivity index (χ0v) is 18.1. The van der Waals surface area contributed by atoms with Gasteiger partial charge < -0.3 is 25.3 Å². The van der Waals surface area contributed by atoms with Gasteiger partial charge in [-0.15, -0.1) is 0 Å². The Labute approximate surface area is 181 Å². The Morgan fingerprint density at radius 2 is 1.55 bits per heavy atom. The molecule has 1 unspecified atom stereocenters. The maximum atomic E-state index is 12.7. The van der Waals surface area contributed by atoms with Crippen molar-refractivity contribution in [3.05, 3.63) is 48.3 Å². The van der Waals surface area contributed by atoms with Gasteiger partial charge in [-0.3, -0.25) is 9.59 Å². The fraction of sp³-hybridized carbons (Fsp3) is 0.455. The van der Waals surface area contributed by atoms with E-state index in [0.29, 0.717) is 5.56 Å². The number of carboxylic acids is 1. The third kappa shape index (κ3) is 5.29. The Morgan fingerprint density at radius 1 is 1.00 bits per heavy atom. The minimum Gasteiger partial charge on any atom is -0.481 e. The number of aromatic nitrogens is 2. The lowest BCUT2D eigenvalue weighted by atomic mass is 9.80. The van der Waals surface area contributed by atoms with Gasteiger partial charge in [0.25, 0.3) is 5.91 Å². The van der Waals surface area contributed by atoms with Crippen molar-refractivity contribution in [1.82, 2.24) is 15.3 Å². The molecule has 166 valence electrons. The number of carbonyl (C=O) groups is 2. The van der Waals surface area contributed by atoms with Gasteiger partial charge in [0, 0.05) is 55.2 Å². The number of aliphatic hydroxyl groups is 1. The Morgan fingerprint density at radius 3 is 2.06 bits per heavy atom. The van der Waals surface area contributed by atoms with Crippen LogP contribution in [0.2, 0.25) is 0 Å². The number of anilines is 2. The number of hydrogen-bond donors (Lipinski definition) is 3. The number of nitrogens with one attached hydrogen (secondary N) is 1. The van der Waals surface area contributed by atoms with Gasteiger partial charge >= 0.3 is 5.97 Å². The molecular formula is C22H29N5O4. The number of carbonyl (C=O) groups excluding carboxylic acids is 1. The summed E-state index contributed by atoms with van der Waals surface area (Å²) in [5.41, 5.74) is -1.39. The van der Waals surface area contributed by atoms with Crippen molar-refractivity contribution in [3.8, 4) is 0 Å². The highest BCUT2D eigenvalue weighted by Crippen LogP contribution is 2.31. The summed E-state index contributed by atoms with van der Waals surface area (Å²) >= 11 is 0. The van der Waals surface area contributed by atoms with Crippen LogP contribution in [0.5, 0.6) is 0 Å². The molecule has 9 nitrogen and oxygen atoms in total. The number of hydrogen-bond acceptors (Lipinski definition) is 7. The molecule has 3 rings (SSSR count). The quantitative estimate of drug-likeness (QED) is 0.597. The van der Waals surface area contributed by atoms with E-state index in [1.807, 2.05) is 12.1 Å². The fourth-order valence-corrected chi connectivity index (χ4v) is 3.42. The van der Waals surface area contributed by atoms with Crippen LogP contribution < -0.4 is 15.1 Å². The average Bonchev–Trinajstić information content (AvgIpc) is 2.73. The summed E-state index contributed by atoms with van der Waals surface area (Å²) in [6, 6.07) is 8.87. The molecule has 0 spiro atoms. The predicted molar refractivity (Wildman–Crippen MR) is 117 cm³/mol. The first kappa shape index (κ1) is 22.5. The molecular weight excluding hydrogens is 398 g/mol. The number of aliphatic carboxylic acids is 1. The van der Waals surface area contributed by atoms with Crippen LogP contribution in [0.1, 0.15) is 37.6 Å². The van der Waals surface area contributed by atoms with E-state index in [2.05, 4.69) is 25.1 Å². The maximum Gasteiger partial charge on any atom is 0.308 e. The van der Waals surface area contributed by atoms with E-state index in [0.717, 1.165) is 37.8 Å². The molecule has 1 aromatic carbocycles. The highest BCUT2D eigenvalue weighted by atomic mass is 16.4. The second kappa shape index (κ2) is 8.89. The standard InChI is InChI=1S/C22H29N5O4/c1-21(2,3)22(31,15-18(28)29)25-19(30)16-5-7-17(8-6-16)26-11-13-27(14-12-26)20-23-9-4-10-24-20/h4-10,31H,11-15H2,1-3H3,(H,25,30)(H,28,29). The van der Waals surface area contributed by atoms with E-state index in [1.165, 1.54) is 0 Å². The molecule has 1 aliphatic rings. The summed E-state index contributed by atoms with van der Waals surface area (Å²) in [7, 11) is 0. The van der Waals surface area contributed by atoms with Crippen LogP contribution in [0.3, 0.4) is 0 Å². The molecule has 1 fully saturated rings. The molecule has 1 amide bonds. The topological polar surface area (TPSA) is 119 Å². The van der Waals surface area contributed by atoms with E-state index in [1.54, 1.807) is 51.4 Å². The van der Waals surface area contributed by atoms with Gasteiger partial charge in [0.1, 0.15) is 0 Å². The lowest BCUT2D eigenvalue weighted by Gasteiger charge is -2.39. The van der Waals surface area contributed by atoms with Crippen molar-refractivity contribution in [1.29, 1.82) is 0 Å². The van der Waals surface area contributed by atoms with Crippen molar-refractivity contribution in [2.75, 3.05) is 36.0 Å². The number of amides is 1. The van der Waals surface area contributed by atoms with Crippen LogP contribution in [-0.2, 0) is 4.79 Å². The normalized spacial score (nSPS) is 16.5. The zero-order chi connectivity index (χ0) is 22.6. The molecule has 31 heavy (non-hydrogen) atoms. The van der Waals surface area contributed by atoms with Gasteiger partial charge in [0.15, 0.2) is 5.72 Å². The molecule has 1 aromatic heterocycles. The highest BCUT2D eigenvalue weighted by molar-refractivity contribution is 5.95. The summed E-state index contributed by atoms with van der Waals surface area (Å²) in [5.74, 6) is -0.980. The van der Waals surface area contributed by atoms with Crippen LogP contribution in [0, 0.1) is 5.41 Å². The third-order valence-corrected chi connectivity index (χ3v) is 5.58. The van der Waals surface area contributed by atoms with E-state index in [9.17, 15) is 14.7 Å². The van der Waals surface area contributed by atoms with Crippen molar-refractivity contribution in [2.24, 2.45) is 5.41 Å². The second-order valence-corrected chi connectivity index (χ2v) is 8.70. The van der Waals surface area contributed by atoms with Gasteiger partial charge in [-0.05, 0) is 30.3 Å². The zero-order valence-electron chi connectivity index (χ0n) is 18.1. The monoisotopic (exact) mass is 427 g/mol. The number of piperazine rings is 1. The summed E-state index contributed by atoms with van der Waals surface area (Å²) in [5, 5.41) is 22.4. The summed E-state index contributed by atoms with van der Waals surface area (Å²) in [4.78, 5) is 36.8. The predicted octanol–water partition coefficient (Wildman–Crippen LogP) is 1.74. The number of nitrogens with zero attached hydrogens (tertiary/aromatic N) is 4. The van der Waals surface area contributed by atoms with E-state index in [-0.39, 0.29) is 0 Å². The SMILES string of the molecule is CC(C)(C)C(O)(CC(=O)O)NC(=O)c1ccc(N2CCN(c3ncccn3)CC2)cc1. The van der Waals surface area contributed by atoms with Crippen LogP contribution >= 0.6 is 0 Å². The summed E-state index contributed by atoms with van der Waals surface area (Å²) in [6.45, 7) is 8.22. The van der Waals surface area contributed by atoms with Crippen molar-refractivity contribution in [2.45, 2.75) is 32.9 Å². The first-order valence-corrected chi connectivity index (χ1v) is 10.2. The molecule has 1 atom stereocenters. The van der Waals surface area contributed by atoms with E-state index >= 15 is 0 Å². The average molecular weight is 428 g/mol. The van der Waals surface area contributed by atoms with Gasteiger partial charge in [-0.25, -0.2) is 9.97 Å². The Kier molecular flexibility index (Phi) is 6.45. The number of carboxylic acid groups (broad SMARTS) is 1. The Balaban J connectivity index is 1.63. The van der Waals surface area contributed by atoms with E-state index in [4.69, 9.17) is 5.11 Å². The molecule has 0 bridgehead atoms. The van der Waals surface area contributed by atoms with Crippen LogP contribution in [-0.4, -0.2) is 64.0 Å². The van der Waals surface area contributed by atoms with Gasteiger partial charge in [0.2, 0.25) is 5.95 Å². The molecule has 2 heterocycles. The molecule has 0 saturated carbocycles. The number of benzene rings is 1. The fourth-order valence-electron chi connectivity index (χ4n) is 3.42. The molecule has 0 radical (unpaired) electrons. The minimum absolute atomic E-state index is 0.355. The maximum absolute atomic E-state index is 12.7. The van der Waals surface area contributed by atoms with Gasteiger partial charge in [-0.2, -0.15) is 0 Å². The molecule has 0 aliphatic carbocycles. The van der Waals surface area contributed by atoms with Gasteiger partial charge in [-0.1, -0.05) is 20.8 Å². The second-order valence-electron chi connectivity index (χ2n) is 8.70. The number of rotatable bonds is 6. The lowest BCUT2D eigenvalue weighted by Crippen LogP contribution is -2.58. The third-order valence-electron chi connectivity index (χ3n) is 5.58. The lowest BCUT2D eigenvalue weighted by molar-refractivity contribution is -0.151.